The van der Waals surface area contributed by atoms with Gasteiger partial charge in [0.2, 0.25) is 5.91 Å². The molecule has 0 heterocycles. The van der Waals surface area contributed by atoms with E-state index in [0.717, 1.165) is 6.42 Å². The zero-order valence-corrected chi connectivity index (χ0v) is 11.3. The smallest absolute Gasteiger partial charge is 0.333 e. The molecule has 1 amide bonds. The van der Waals surface area contributed by atoms with Crippen LogP contribution in [0, 0.1) is 0 Å². The molecule has 104 valence electrons. The highest BCUT2D eigenvalue weighted by Crippen LogP contribution is 2.14. The van der Waals surface area contributed by atoms with Gasteiger partial charge >= 0.3 is 5.97 Å². The van der Waals surface area contributed by atoms with E-state index < -0.39 is 18.1 Å². The van der Waals surface area contributed by atoms with E-state index in [-0.39, 0.29) is 5.91 Å². The number of ether oxygens (including phenoxy) is 1. The van der Waals surface area contributed by atoms with Gasteiger partial charge in [0.05, 0.1) is 13.2 Å². The van der Waals surface area contributed by atoms with Crippen molar-refractivity contribution >= 4 is 11.9 Å². The van der Waals surface area contributed by atoms with Crippen LogP contribution in [0.1, 0.15) is 31.4 Å². The fourth-order valence-electron chi connectivity index (χ4n) is 1.73. The molecule has 3 N–H and O–H groups in total. The third-order valence-corrected chi connectivity index (χ3v) is 2.79. The summed E-state index contributed by atoms with van der Waals surface area (Å²) >= 11 is 0. The summed E-state index contributed by atoms with van der Waals surface area (Å²) in [5.41, 5.74) is 6.40. The quantitative estimate of drug-likeness (QED) is 0.755. The summed E-state index contributed by atoms with van der Waals surface area (Å²) in [5.74, 6) is -0.857. The first-order chi connectivity index (χ1) is 9.10. The minimum Gasteiger partial charge on any atom is -0.467 e. The molecule has 0 fully saturated rings. The second kappa shape index (κ2) is 7.53. The van der Waals surface area contributed by atoms with E-state index in [1.165, 1.54) is 7.11 Å². The van der Waals surface area contributed by atoms with E-state index in [1.807, 2.05) is 13.0 Å². The molecule has 0 aromatic heterocycles. The maximum atomic E-state index is 11.9. The average Bonchev–Trinajstić information content (AvgIpc) is 2.44. The first-order valence-corrected chi connectivity index (χ1v) is 6.28. The maximum absolute atomic E-state index is 11.9. The van der Waals surface area contributed by atoms with Gasteiger partial charge in [-0.05, 0) is 12.0 Å². The molecule has 1 aromatic rings. The van der Waals surface area contributed by atoms with Crippen molar-refractivity contribution in [3.8, 4) is 0 Å². The Morgan fingerprint density at radius 2 is 1.95 bits per heavy atom. The summed E-state index contributed by atoms with van der Waals surface area (Å²) in [6.07, 6.45) is 1.39. The van der Waals surface area contributed by atoms with Crippen molar-refractivity contribution in [1.82, 2.24) is 5.32 Å². The summed E-state index contributed by atoms with van der Waals surface area (Å²) in [7, 11) is 1.29. The number of nitrogens with two attached hydrogens (primary N) is 1. The second-order valence-corrected chi connectivity index (χ2v) is 4.27. The van der Waals surface area contributed by atoms with Crippen LogP contribution < -0.4 is 11.1 Å². The molecule has 1 aromatic carbocycles. The van der Waals surface area contributed by atoms with Gasteiger partial charge in [0.1, 0.15) is 0 Å². The molecule has 19 heavy (non-hydrogen) atoms. The van der Waals surface area contributed by atoms with Crippen LogP contribution >= 0.6 is 0 Å². The third-order valence-electron chi connectivity index (χ3n) is 2.79. The molecule has 0 aliphatic rings. The molecule has 0 radical (unpaired) electrons. The molecule has 0 saturated carbocycles. The van der Waals surface area contributed by atoms with Crippen molar-refractivity contribution in [2.24, 2.45) is 5.73 Å². The number of rotatable bonds is 6. The molecule has 0 aliphatic heterocycles. The Hall–Kier alpha value is -1.88. The Morgan fingerprint density at radius 3 is 2.47 bits per heavy atom. The summed E-state index contributed by atoms with van der Waals surface area (Å²) in [4.78, 5) is 23.6. The molecular formula is C14H20N2O3. The van der Waals surface area contributed by atoms with Gasteiger partial charge in [0, 0.05) is 0 Å². The lowest BCUT2D eigenvalue weighted by molar-refractivity contribution is -0.145. The Morgan fingerprint density at radius 1 is 1.32 bits per heavy atom. The number of benzene rings is 1. The van der Waals surface area contributed by atoms with Gasteiger partial charge in [0.25, 0.3) is 0 Å². The van der Waals surface area contributed by atoms with E-state index in [4.69, 9.17) is 10.5 Å². The third kappa shape index (κ3) is 4.37. The molecule has 0 spiro atoms. The van der Waals surface area contributed by atoms with Gasteiger partial charge in [-0.3, -0.25) is 4.79 Å². The van der Waals surface area contributed by atoms with E-state index in [9.17, 15) is 9.59 Å². The van der Waals surface area contributed by atoms with Crippen molar-refractivity contribution in [3.05, 3.63) is 35.9 Å². The number of amides is 1. The van der Waals surface area contributed by atoms with Crippen LogP contribution in [-0.4, -0.2) is 25.0 Å². The van der Waals surface area contributed by atoms with Crippen LogP contribution in [0.15, 0.2) is 30.3 Å². The number of hydrogen-bond donors (Lipinski definition) is 2. The minimum atomic E-state index is -0.818. The van der Waals surface area contributed by atoms with Crippen molar-refractivity contribution in [1.29, 1.82) is 0 Å². The molecule has 5 nitrogen and oxygen atoms in total. The number of hydrogen-bond acceptors (Lipinski definition) is 4. The van der Waals surface area contributed by atoms with Crippen LogP contribution in [0.3, 0.4) is 0 Å². The van der Waals surface area contributed by atoms with Crippen molar-refractivity contribution in [3.63, 3.8) is 0 Å². The maximum Gasteiger partial charge on any atom is 0.333 e. The van der Waals surface area contributed by atoms with Crippen molar-refractivity contribution in [2.45, 2.75) is 31.8 Å². The Kier molecular flexibility index (Phi) is 6.02. The van der Waals surface area contributed by atoms with Gasteiger partial charge in [-0.1, -0.05) is 43.7 Å². The van der Waals surface area contributed by atoms with Crippen LogP contribution in [0.4, 0.5) is 0 Å². The summed E-state index contributed by atoms with van der Waals surface area (Å²) < 4.78 is 4.71. The standard InChI is InChI=1S/C14H20N2O3/c1-3-7-11(15)13(17)16-12(14(18)19-2)10-8-5-4-6-9-10/h4-6,8-9,11-12H,3,7,15H2,1-2H3,(H,16,17)/t11-,12?/m1/s1. The first kappa shape index (κ1) is 15.2. The monoisotopic (exact) mass is 264 g/mol. The predicted molar refractivity (Wildman–Crippen MR) is 72.2 cm³/mol. The van der Waals surface area contributed by atoms with E-state index in [0.29, 0.717) is 12.0 Å². The zero-order valence-electron chi connectivity index (χ0n) is 11.3. The van der Waals surface area contributed by atoms with Crippen LogP contribution in [-0.2, 0) is 14.3 Å². The minimum absolute atomic E-state index is 0.346. The fourth-order valence-corrected chi connectivity index (χ4v) is 1.73. The van der Waals surface area contributed by atoms with Gasteiger partial charge in [-0.15, -0.1) is 0 Å². The summed E-state index contributed by atoms with van der Waals surface area (Å²) in [5, 5.41) is 2.63. The zero-order chi connectivity index (χ0) is 14.3. The van der Waals surface area contributed by atoms with E-state index >= 15 is 0 Å². The molecule has 1 unspecified atom stereocenters. The number of methoxy groups -OCH3 is 1. The molecule has 0 saturated heterocycles. The number of carbonyl (C=O) groups is 2. The number of esters is 1. The first-order valence-electron chi connectivity index (χ1n) is 6.28. The highest BCUT2D eigenvalue weighted by molar-refractivity contribution is 5.88. The van der Waals surface area contributed by atoms with Crippen molar-refractivity contribution < 1.29 is 14.3 Å². The van der Waals surface area contributed by atoms with Gasteiger partial charge < -0.3 is 15.8 Å². The predicted octanol–water partition coefficient (Wildman–Crippen LogP) is 1.14. The Balaban J connectivity index is 2.82. The van der Waals surface area contributed by atoms with Crippen LogP contribution in [0.25, 0.3) is 0 Å². The largest absolute Gasteiger partial charge is 0.467 e. The van der Waals surface area contributed by atoms with Crippen LogP contribution in [0.2, 0.25) is 0 Å². The number of nitrogens with one attached hydrogen (secondary N) is 1. The Bertz CT molecular complexity index is 420. The summed E-state index contributed by atoms with van der Waals surface area (Å²) in [6.45, 7) is 1.95. The lowest BCUT2D eigenvalue weighted by Crippen LogP contribution is -2.44. The SMILES string of the molecule is CCC[C@@H](N)C(=O)NC(C(=O)OC)c1ccccc1. The molecule has 5 heteroatoms. The highest BCUT2D eigenvalue weighted by Gasteiger charge is 2.25. The molecule has 0 bridgehead atoms. The molecule has 2 atom stereocenters. The van der Waals surface area contributed by atoms with E-state index in [2.05, 4.69) is 5.32 Å². The van der Waals surface area contributed by atoms with Gasteiger partial charge in [0.15, 0.2) is 6.04 Å². The van der Waals surface area contributed by atoms with Crippen molar-refractivity contribution in [2.75, 3.05) is 7.11 Å². The topological polar surface area (TPSA) is 81.4 Å². The average molecular weight is 264 g/mol. The Labute approximate surface area is 113 Å². The number of carbonyl (C=O) groups excluding carboxylic acids is 2. The van der Waals surface area contributed by atoms with Gasteiger partial charge in [-0.2, -0.15) is 0 Å². The normalized spacial score (nSPS) is 13.4. The highest BCUT2D eigenvalue weighted by atomic mass is 16.5. The fraction of sp³-hybridized carbons (Fsp3) is 0.429. The van der Waals surface area contributed by atoms with Gasteiger partial charge in [-0.25, -0.2) is 4.79 Å². The second-order valence-electron chi connectivity index (χ2n) is 4.27. The van der Waals surface area contributed by atoms with Crippen LogP contribution in [0.5, 0.6) is 0 Å². The molecular weight excluding hydrogens is 244 g/mol. The lowest BCUT2D eigenvalue weighted by Gasteiger charge is -2.19. The molecule has 1 rings (SSSR count). The molecule has 0 aliphatic carbocycles. The lowest BCUT2D eigenvalue weighted by atomic mass is 10.1. The summed E-state index contributed by atoms with van der Waals surface area (Å²) in [6, 6.07) is 7.51. The van der Waals surface area contributed by atoms with E-state index in [1.54, 1.807) is 24.3 Å².